The van der Waals surface area contributed by atoms with Crippen molar-refractivity contribution in [3.05, 3.63) is 42.2 Å². The molecule has 1 atom stereocenters. The summed E-state index contributed by atoms with van der Waals surface area (Å²) in [5.41, 5.74) is 9.80. The van der Waals surface area contributed by atoms with Crippen LogP contribution in [0.2, 0.25) is 0 Å². The van der Waals surface area contributed by atoms with Gasteiger partial charge in [-0.25, -0.2) is 0 Å². The molecule has 0 aliphatic carbocycles. The van der Waals surface area contributed by atoms with Gasteiger partial charge in [-0.1, -0.05) is 12.1 Å². The Bertz CT molecular complexity index is 606. The molecular formula is C16H23N5. The second kappa shape index (κ2) is 5.77. The number of likely N-dealkylation sites (N-methyl/N-ethyl adjacent to an activating group) is 1. The molecule has 0 radical (unpaired) electrons. The summed E-state index contributed by atoms with van der Waals surface area (Å²) in [6.45, 7) is 5.56. The number of aromatic nitrogens is 2. The van der Waals surface area contributed by atoms with Gasteiger partial charge in [-0.15, -0.1) is 0 Å². The third-order valence-corrected chi connectivity index (χ3v) is 4.24. The first kappa shape index (κ1) is 13.9. The Morgan fingerprint density at radius 2 is 2.00 bits per heavy atom. The zero-order valence-corrected chi connectivity index (χ0v) is 12.7. The predicted octanol–water partition coefficient (Wildman–Crippen LogP) is 1.86. The Morgan fingerprint density at radius 3 is 2.67 bits per heavy atom. The zero-order valence-electron chi connectivity index (χ0n) is 12.7. The predicted molar refractivity (Wildman–Crippen MR) is 86.8 cm³/mol. The summed E-state index contributed by atoms with van der Waals surface area (Å²) in [5.74, 6) is 0. The molecule has 1 aromatic carbocycles. The van der Waals surface area contributed by atoms with Crippen molar-refractivity contribution in [3.8, 4) is 0 Å². The molecule has 0 bridgehead atoms. The number of benzene rings is 1. The van der Waals surface area contributed by atoms with E-state index in [0.29, 0.717) is 6.54 Å². The van der Waals surface area contributed by atoms with Crippen LogP contribution in [0.5, 0.6) is 0 Å². The molecule has 5 heteroatoms. The second-order valence-corrected chi connectivity index (χ2v) is 5.48. The van der Waals surface area contributed by atoms with Crippen molar-refractivity contribution in [1.29, 1.82) is 0 Å². The molecule has 0 amide bonds. The topological polar surface area (TPSA) is 50.3 Å². The highest BCUT2D eigenvalue weighted by molar-refractivity contribution is 5.73. The lowest BCUT2D eigenvalue weighted by Crippen LogP contribution is -2.43. The lowest BCUT2D eigenvalue weighted by Gasteiger charge is -2.41. The summed E-state index contributed by atoms with van der Waals surface area (Å²) in [6, 6.07) is 8.71. The number of hydrogen-bond acceptors (Lipinski definition) is 4. The van der Waals surface area contributed by atoms with Crippen molar-refractivity contribution in [3.63, 3.8) is 0 Å². The number of rotatable bonds is 4. The highest BCUT2D eigenvalue weighted by Gasteiger charge is 2.27. The van der Waals surface area contributed by atoms with Gasteiger partial charge in [0.15, 0.2) is 0 Å². The smallest absolute Gasteiger partial charge is 0.0697 e. The van der Waals surface area contributed by atoms with Crippen LogP contribution in [-0.2, 0) is 6.54 Å². The maximum Gasteiger partial charge on any atom is 0.0697 e. The number of hydrogen-bond donors (Lipinski definition) is 1. The molecule has 1 unspecified atom stereocenters. The fourth-order valence-corrected chi connectivity index (χ4v) is 3.02. The van der Waals surface area contributed by atoms with E-state index in [2.05, 4.69) is 59.3 Å². The fourth-order valence-electron chi connectivity index (χ4n) is 3.02. The van der Waals surface area contributed by atoms with E-state index in [1.165, 1.54) is 16.9 Å². The first-order valence-corrected chi connectivity index (χ1v) is 7.53. The first-order chi connectivity index (χ1) is 10.2. The fraction of sp³-hybridized carbons (Fsp3) is 0.438. The van der Waals surface area contributed by atoms with Gasteiger partial charge in [-0.3, -0.25) is 4.68 Å². The van der Waals surface area contributed by atoms with Crippen LogP contribution < -0.4 is 15.5 Å². The molecule has 2 N–H and O–H groups in total. The van der Waals surface area contributed by atoms with Crippen molar-refractivity contribution in [2.75, 3.05) is 36.5 Å². The van der Waals surface area contributed by atoms with Gasteiger partial charge in [0.1, 0.15) is 0 Å². The molecule has 2 aromatic rings. The second-order valence-electron chi connectivity index (χ2n) is 5.48. The minimum absolute atomic E-state index is 0.181. The maximum absolute atomic E-state index is 6.09. The lowest BCUT2D eigenvalue weighted by atomic mass is 10.1. The van der Waals surface area contributed by atoms with Gasteiger partial charge in [-0.2, -0.15) is 5.10 Å². The average Bonchev–Trinajstić information content (AvgIpc) is 2.99. The van der Waals surface area contributed by atoms with Gasteiger partial charge < -0.3 is 15.5 Å². The van der Waals surface area contributed by atoms with Crippen molar-refractivity contribution < 1.29 is 0 Å². The van der Waals surface area contributed by atoms with Gasteiger partial charge in [0.25, 0.3) is 0 Å². The zero-order chi connectivity index (χ0) is 14.8. The standard InChI is InChI=1S/C16H23N5/c1-3-20-12-13(11-18-20)16(10-17)21-9-8-19(2)14-6-4-5-7-15(14)21/h4-7,11-12,16H,3,8-10,17H2,1-2H3. The first-order valence-electron chi connectivity index (χ1n) is 7.53. The van der Waals surface area contributed by atoms with Crippen LogP contribution in [0.25, 0.3) is 0 Å². The number of aryl methyl sites for hydroxylation is 1. The van der Waals surface area contributed by atoms with Gasteiger partial charge in [0.2, 0.25) is 0 Å². The monoisotopic (exact) mass is 285 g/mol. The van der Waals surface area contributed by atoms with Gasteiger partial charge in [0, 0.05) is 45.0 Å². The van der Waals surface area contributed by atoms with Crippen LogP contribution in [0.1, 0.15) is 18.5 Å². The van der Waals surface area contributed by atoms with Gasteiger partial charge in [-0.05, 0) is 19.1 Å². The van der Waals surface area contributed by atoms with E-state index in [1.54, 1.807) is 0 Å². The van der Waals surface area contributed by atoms with E-state index in [4.69, 9.17) is 5.73 Å². The third kappa shape index (κ3) is 2.49. The molecular weight excluding hydrogens is 262 g/mol. The van der Waals surface area contributed by atoms with Crippen molar-refractivity contribution in [2.45, 2.75) is 19.5 Å². The Hall–Kier alpha value is -2.01. The summed E-state index contributed by atoms with van der Waals surface area (Å²) < 4.78 is 1.96. The molecule has 2 heterocycles. The molecule has 112 valence electrons. The van der Waals surface area contributed by atoms with E-state index in [1.807, 2.05) is 10.9 Å². The Kier molecular flexibility index (Phi) is 3.84. The van der Waals surface area contributed by atoms with Crippen LogP contribution in [-0.4, -0.2) is 36.5 Å². The quantitative estimate of drug-likeness (QED) is 0.931. The Balaban J connectivity index is 1.96. The molecule has 1 aliphatic rings. The van der Waals surface area contributed by atoms with Crippen LogP contribution in [0, 0.1) is 0 Å². The van der Waals surface area contributed by atoms with Crippen molar-refractivity contribution in [1.82, 2.24) is 9.78 Å². The van der Waals surface area contributed by atoms with E-state index in [0.717, 1.165) is 19.6 Å². The molecule has 0 fully saturated rings. The summed E-state index contributed by atoms with van der Waals surface area (Å²) in [7, 11) is 2.14. The van der Waals surface area contributed by atoms with Crippen LogP contribution in [0.4, 0.5) is 11.4 Å². The SMILES string of the molecule is CCn1cc(C(CN)N2CCN(C)c3ccccc32)cn1. The number of nitrogens with zero attached hydrogens (tertiary/aromatic N) is 4. The lowest BCUT2D eigenvalue weighted by molar-refractivity contribution is 0.607. The summed E-state index contributed by atoms with van der Waals surface area (Å²) in [4.78, 5) is 4.71. The molecule has 1 aromatic heterocycles. The molecule has 0 saturated heterocycles. The molecule has 21 heavy (non-hydrogen) atoms. The minimum atomic E-state index is 0.181. The molecule has 0 saturated carbocycles. The van der Waals surface area contributed by atoms with E-state index < -0.39 is 0 Å². The normalized spacial score (nSPS) is 16.0. The summed E-state index contributed by atoms with van der Waals surface area (Å²) in [6.07, 6.45) is 4.06. The highest BCUT2D eigenvalue weighted by Crippen LogP contribution is 2.36. The van der Waals surface area contributed by atoms with Crippen LogP contribution >= 0.6 is 0 Å². The number of nitrogens with two attached hydrogens (primary N) is 1. The molecule has 5 nitrogen and oxygen atoms in total. The highest BCUT2D eigenvalue weighted by atomic mass is 15.3. The van der Waals surface area contributed by atoms with Gasteiger partial charge >= 0.3 is 0 Å². The average molecular weight is 285 g/mol. The Labute approximate surface area is 126 Å². The molecule has 1 aliphatic heterocycles. The number of fused-ring (bicyclic) bond motifs is 1. The van der Waals surface area contributed by atoms with Crippen molar-refractivity contribution >= 4 is 11.4 Å². The number of anilines is 2. The number of para-hydroxylation sites is 2. The van der Waals surface area contributed by atoms with E-state index >= 15 is 0 Å². The minimum Gasteiger partial charge on any atom is -0.371 e. The maximum atomic E-state index is 6.09. The largest absolute Gasteiger partial charge is 0.371 e. The van der Waals surface area contributed by atoms with Crippen molar-refractivity contribution in [2.24, 2.45) is 5.73 Å². The Morgan fingerprint density at radius 1 is 1.24 bits per heavy atom. The third-order valence-electron chi connectivity index (χ3n) is 4.24. The van der Waals surface area contributed by atoms with E-state index in [-0.39, 0.29) is 6.04 Å². The van der Waals surface area contributed by atoms with E-state index in [9.17, 15) is 0 Å². The van der Waals surface area contributed by atoms with Gasteiger partial charge in [0.05, 0.1) is 23.6 Å². The van der Waals surface area contributed by atoms with Crippen LogP contribution in [0.15, 0.2) is 36.7 Å². The molecule has 3 rings (SSSR count). The summed E-state index contributed by atoms with van der Waals surface area (Å²) in [5, 5.41) is 4.39. The summed E-state index contributed by atoms with van der Waals surface area (Å²) >= 11 is 0. The molecule has 0 spiro atoms. The van der Waals surface area contributed by atoms with Crippen LogP contribution in [0.3, 0.4) is 0 Å².